The molecule has 12 heavy (non-hydrogen) atoms. The lowest BCUT2D eigenvalue weighted by molar-refractivity contribution is 0.346. The zero-order valence-corrected chi connectivity index (χ0v) is 9.82. The second-order valence-electron chi connectivity index (χ2n) is 2.74. The topological polar surface area (TPSA) is 0 Å². The maximum absolute atomic E-state index is 3.00. The summed E-state index contributed by atoms with van der Waals surface area (Å²) in [6.45, 7) is 16.6. The molecule has 1 fully saturated rings. The van der Waals surface area contributed by atoms with Crippen molar-refractivity contribution in [2.24, 2.45) is 5.92 Å². The van der Waals surface area contributed by atoms with E-state index >= 15 is 0 Å². The van der Waals surface area contributed by atoms with Gasteiger partial charge in [0.25, 0.3) is 0 Å². The van der Waals surface area contributed by atoms with E-state index in [0.717, 1.165) is 5.92 Å². The average Bonchev–Trinajstić information content (AvgIpc) is 2.10. The third-order valence-corrected chi connectivity index (χ3v) is 1.39. The van der Waals surface area contributed by atoms with Gasteiger partial charge in [0.2, 0.25) is 0 Å². The van der Waals surface area contributed by atoms with Crippen molar-refractivity contribution in [3.63, 3.8) is 0 Å². The van der Waals surface area contributed by atoms with Crippen molar-refractivity contribution in [2.75, 3.05) is 0 Å². The van der Waals surface area contributed by atoms with Crippen molar-refractivity contribution >= 4 is 0 Å². The Balaban J connectivity index is -0.000000102. The summed E-state index contributed by atoms with van der Waals surface area (Å²) in [5.41, 5.74) is 0. The van der Waals surface area contributed by atoms with Crippen LogP contribution < -0.4 is 0 Å². The zero-order chi connectivity index (χ0) is 10.4. The Kier molecular flexibility index (Phi) is 33.1. The van der Waals surface area contributed by atoms with E-state index in [4.69, 9.17) is 0 Å². The summed E-state index contributed by atoms with van der Waals surface area (Å²) in [5.74, 6) is 1.06. The summed E-state index contributed by atoms with van der Waals surface area (Å²) >= 11 is 0. The number of rotatable bonds is 0. The van der Waals surface area contributed by atoms with E-state index in [1.54, 1.807) is 0 Å². The highest BCUT2D eigenvalue weighted by Crippen LogP contribution is 2.24. The predicted octanol–water partition coefficient (Wildman–Crippen LogP) is 5.05. The highest BCUT2D eigenvalue weighted by molar-refractivity contribution is 4.62. The van der Waals surface area contributed by atoms with Crippen LogP contribution in [-0.2, 0) is 0 Å². The van der Waals surface area contributed by atoms with Gasteiger partial charge in [-0.1, -0.05) is 60.3 Å². The molecule has 0 spiro atoms. The van der Waals surface area contributed by atoms with E-state index in [1.165, 1.54) is 25.7 Å². The first-order valence-electron chi connectivity index (χ1n) is 5.31. The van der Waals surface area contributed by atoms with Gasteiger partial charge in [0.05, 0.1) is 0 Å². The second-order valence-corrected chi connectivity index (χ2v) is 2.74. The molecule has 0 atom stereocenters. The first kappa shape index (κ1) is 17.7. The largest absolute Gasteiger partial charge is 0.106 e. The van der Waals surface area contributed by atoms with Crippen molar-refractivity contribution in [1.82, 2.24) is 0 Å². The Hall–Kier alpha value is -0.260. The SMILES string of the molecule is C=C.CC.CC1CCC1.CCC. The highest BCUT2D eigenvalue weighted by Gasteiger charge is 2.09. The quantitative estimate of drug-likeness (QED) is 0.448. The first-order valence-corrected chi connectivity index (χ1v) is 5.31. The van der Waals surface area contributed by atoms with Gasteiger partial charge in [-0.2, -0.15) is 0 Å². The van der Waals surface area contributed by atoms with Crippen LogP contribution in [0.5, 0.6) is 0 Å². The maximum atomic E-state index is 3.00. The van der Waals surface area contributed by atoms with E-state index in [0.29, 0.717) is 0 Å². The lowest BCUT2D eigenvalue weighted by Gasteiger charge is -2.18. The van der Waals surface area contributed by atoms with Gasteiger partial charge in [-0.3, -0.25) is 0 Å². The molecule has 1 saturated carbocycles. The Morgan fingerprint density at radius 1 is 1.08 bits per heavy atom. The Morgan fingerprint density at radius 2 is 1.25 bits per heavy atom. The Bertz CT molecular complexity index is 44.0. The molecule has 0 heterocycles. The molecule has 0 unspecified atom stereocenters. The fraction of sp³-hybridized carbons (Fsp3) is 0.833. The first-order chi connectivity index (χ1) is 5.81. The minimum Gasteiger partial charge on any atom is -0.106 e. The van der Waals surface area contributed by atoms with Crippen LogP contribution in [-0.4, -0.2) is 0 Å². The van der Waals surface area contributed by atoms with Gasteiger partial charge in [0, 0.05) is 0 Å². The Morgan fingerprint density at radius 3 is 1.25 bits per heavy atom. The van der Waals surface area contributed by atoms with Crippen molar-refractivity contribution in [2.45, 2.75) is 60.3 Å². The van der Waals surface area contributed by atoms with E-state index in [9.17, 15) is 0 Å². The molecule has 0 amide bonds. The molecule has 1 aliphatic rings. The molecule has 0 nitrogen and oxygen atoms in total. The molecule has 0 aromatic rings. The maximum Gasteiger partial charge on any atom is -0.0443 e. The van der Waals surface area contributed by atoms with E-state index in [-0.39, 0.29) is 0 Å². The van der Waals surface area contributed by atoms with Crippen molar-refractivity contribution in [3.8, 4) is 0 Å². The highest BCUT2D eigenvalue weighted by atomic mass is 14.1. The molecule has 1 aliphatic carbocycles. The van der Waals surface area contributed by atoms with Crippen molar-refractivity contribution < 1.29 is 0 Å². The van der Waals surface area contributed by atoms with Crippen LogP contribution in [0.25, 0.3) is 0 Å². The molecule has 0 aromatic carbocycles. The van der Waals surface area contributed by atoms with Crippen LogP contribution in [0.1, 0.15) is 60.3 Å². The van der Waals surface area contributed by atoms with Gasteiger partial charge in [-0.15, -0.1) is 13.2 Å². The van der Waals surface area contributed by atoms with Gasteiger partial charge in [0.15, 0.2) is 0 Å². The number of hydrogen-bond donors (Lipinski definition) is 0. The monoisotopic (exact) mass is 172 g/mol. The molecule has 0 aromatic heterocycles. The molecule has 0 saturated heterocycles. The smallest absolute Gasteiger partial charge is 0.0443 e. The summed E-state index contributed by atoms with van der Waals surface area (Å²) in [6, 6.07) is 0. The van der Waals surface area contributed by atoms with Crippen LogP contribution in [0.2, 0.25) is 0 Å². The van der Waals surface area contributed by atoms with Gasteiger partial charge in [-0.05, 0) is 5.92 Å². The lowest BCUT2D eigenvalue weighted by atomic mass is 9.88. The van der Waals surface area contributed by atoms with E-state index < -0.39 is 0 Å². The van der Waals surface area contributed by atoms with Crippen LogP contribution in [0.15, 0.2) is 13.2 Å². The molecule has 0 N–H and O–H groups in total. The average molecular weight is 172 g/mol. The van der Waals surface area contributed by atoms with Crippen molar-refractivity contribution in [1.29, 1.82) is 0 Å². The summed E-state index contributed by atoms with van der Waals surface area (Å²) in [6.07, 6.45) is 5.71. The van der Waals surface area contributed by atoms with Crippen LogP contribution in [0.3, 0.4) is 0 Å². The molecule has 0 bridgehead atoms. The minimum absolute atomic E-state index is 1.06. The summed E-state index contributed by atoms with van der Waals surface area (Å²) in [4.78, 5) is 0. The third kappa shape index (κ3) is 22.6. The molecule has 76 valence electrons. The van der Waals surface area contributed by atoms with E-state index in [2.05, 4.69) is 33.9 Å². The fourth-order valence-electron chi connectivity index (χ4n) is 0.612. The van der Waals surface area contributed by atoms with Gasteiger partial charge >= 0.3 is 0 Å². The van der Waals surface area contributed by atoms with Gasteiger partial charge < -0.3 is 0 Å². The van der Waals surface area contributed by atoms with Crippen LogP contribution in [0.4, 0.5) is 0 Å². The molecule has 0 heteroatoms. The normalized spacial score (nSPS) is 13.1. The van der Waals surface area contributed by atoms with Crippen molar-refractivity contribution in [3.05, 3.63) is 13.2 Å². The van der Waals surface area contributed by atoms with E-state index in [1.807, 2.05) is 13.8 Å². The molecule has 0 aliphatic heterocycles. The lowest BCUT2D eigenvalue weighted by Crippen LogP contribution is -2.04. The zero-order valence-electron chi connectivity index (χ0n) is 9.82. The fourth-order valence-corrected chi connectivity index (χ4v) is 0.612. The van der Waals surface area contributed by atoms with Crippen LogP contribution in [0, 0.1) is 5.92 Å². The van der Waals surface area contributed by atoms with Crippen LogP contribution >= 0.6 is 0 Å². The molecule has 0 radical (unpaired) electrons. The second kappa shape index (κ2) is 22.4. The molecule has 1 rings (SSSR count). The minimum atomic E-state index is 1.06. The summed E-state index contributed by atoms with van der Waals surface area (Å²) in [5, 5.41) is 0. The Labute approximate surface area is 80.1 Å². The molecular weight excluding hydrogens is 144 g/mol. The number of hydrogen-bond acceptors (Lipinski definition) is 0. The van der Waals surface area contributed by atoms with Gasteiger partial charge in [-0.25, -0.2) is 0 Å². The van der Waals surface area contributed by atoms with Gasteiger partial charge in [0.1, 0.15) is 0 Å². The molecular formula is C12H28. The summed E-state index contributed by atoms with van der Waals surface area (Å²) in [7, 11) is 0. The predicted molar refractivity (Wildman–Crippen MR) is 61.6 cm³/mol. The summed E-state index contributed by atoms with van der Waals surface area (Å²) < 4.78 is 0. The third-order valence-electron chi connectivity index (χ3n) is 1.39. The standard InChI is InChI=1S/C5H10.C3H8.C2H6.C2H4/c1-5-3-2-4-5;1-3-2;2*1-2/h5H,2-4H2,1H3;3H2,1-2H3;1-2H3;1-2H2.